The molecule has 20 heavy (non-hydrogen) atoms. The molecule has 0 saturated carbocycles. The van der Waals surface area contributed by atoms with Crippen LogP contribution in [0.4, 0.5) is 0 Å². The first kappa shape index (κ1) is 16.5. The van der Waals surface area contributed by atoms with Gasteiger partial charge in [0.2, 0.25) is 0 Å². The standard InChI is InChI=1S/C16H18P.2ClH.Pd/c1-2-3-14-17(15-10-6-4-7-11-15)16-12-8-5-9-13-16;;;/h4-13H,1-3,14H2;2*1H;/q;;;+2/p-2. The first-order valence-corrected chi connectivity index (χ1v) is 13.2. The molecule has 0 fully saturated rings. The van der Waals surface area contributed by atoms with Crippen molar-refractivity contribution in [2.75, 3.05) is 6.16 Å². The Bertz CT molecular complexity index is 451. The Kier molecular flexibility index (Phi) is 7.58. The number of unbranched alkanes of at least 4 members (excludes halogenated alkanes) is 1. The molecule has 0 bridgehead atoms. The van der Waals surface area contributed by atoms with Gasteiger partial charge in [0.15, 0.2) is 0 Å². The molecule has 2 aromatic rings. The van der Waals surface area contributed by atoms with Crippen LogP contribution in [-0.2, 0) is 14.7 Å². The minimum atomic E-state index is -1.24. The summed E-state index contributed by atoms with van der Waals surface area (Å²) < 4.78 is 0. The zero-order chi connectivity index (χ0) is 14.2. The van der Waals surface area contributed by atoms with E-state index >= 15 is 0 Å². The molecule has 2 rings (SSSR count). The average Bonchev–Trinajstić information content (AvgIpc) is 2.49. The van der Waals surface area contributed by atoms with E-state index in [9.17, 15) is 0 Å². The molecule has 0 aromatic heterocycles. The predicted molar refractivity (Wildman–Crippen MR) is 89.7 cm³/mol. The van der Waals surface area contributed by atoms with Gasteiger partial charge in [0.05, 0.1) is 0 Å². The summed E-state index contributed by atoms with van der Waals surface area (Å²) in [7, 11) is 11.6. The minimum absolute atomic E-state index is 0.255. The number of hydrogen-bond acceptors (Lipinski definition) is 0. The van der Waals surface area contributed by atoms with Gasteiger partial charge in [0.25, 0.3) is 0 Å². The average molecular weight is 419 g/mol. The van der Waals surface area contributed by atoms with Crippen molar-refractivity contribution < 1.29 is 14.7 Å². The van der Waals surface area contributed by atoms with Crippen LogP contribution in [0.3, 0.4) is 0 Å². The van der Waals surface area contributed by atoms with E-state index in [1.807, 2.05) is 0 Å². The van der Waals surface area contributed by atoms with Crippen LogP contribution in [0.15, 0.2) is 60.7 Å². The molecule has 0 aliphatic carbocycles. The van der Waals surface area contributed by atoms with Gasteiger partial charge in [-0.05, 0) is 0 Å². The van der Waals surface area contributed by atoms with Crippen molar-refractivity contribution in [2.45, 2.75) is 17.7 Å². The first-order chi connectivity index (χ1) is 9.77. The van der Waals surface area contributed by atoms with Crippen LogP contribution >= 0.6 is 27.0 Å². The van der Waals surface area contributed by atoms with Crippen molar-refractivity contribution in [3.8, 4) is 0 Å². The molecule has 111 valence electrons. The molecular formula is C16H18Cl2PPd. The Morgan fingerprint density at radius 2 is 1.25 bits per heavy atom. The summed E-state index contributed by atoms with van der Waals surface area (Å²) >= 11 is -1.24. The van der Waals surface area contributed by atoms with E-state index in [0.717, 1.165) is 11.3 Å². The third-order valence-corrected chi connectivity index (χ3v) is 8.16. The maximum atomic E-state index is 5.91. The number of benzene rings is 2. The summed E-state index contributed by atoms with van der Waals surface area (Å²) in [5.41, 5.74) is 0. The van der Waals surface area contributed by atoms with Gasteiger partial charge in [-0.15, -0.1) is 0 Å². The Labute approximate surface area is 136 Å². The van der Waals surface area contributed by atoms with E-state index in [1.165, 1.54) is 23.2 Å². The second-order valence-electron chi connectivity index (χ2n) is 4.40. The first-order valence-electron chi connectivity index (χ1n) is 6.55. The molecule has 0 spiro atoms. The van der Waals surface area contributed by atoms with Crippen LogP contribution in [0.5, 0.6) is 0 Å². The van der Waals surface area contributed by atoms with Crippen LogP contribution in [0.25, 0.3) is 0 Å². The van der Waals surface area contributed by atoms with Gasteiger partial charge in [-0.1, -0.05) is 0 Å². The van der Waals surface area contributed by atoms with Crippen molar-refractivity contribution in [3.05, 3.63) is 60.7 Å². The van der Waals surface area contributed by atoms with Crippen molar-refractivity contribution >= 4 is 37.6 Å². The fourth-order valence-corrected chi connectivity index (χ4v) is 6.28. The van der Waals surface area contributed by atoms with Gasteiger partial charge in [0.1, 0.15) is 0 Å². The van der Waals surface area contributed by atoms with Gasteiger partial charge < -0.3 is 0 Å². The summed E-state index contributed by atoms with van der Waals surface area (Å²) in [4.78, 5) is 1.00. The Balaban J connectivity index is 2.06. The molecule has 0 aliphatic heterocycles. The van der Waals surface area contributed by atoms with Gasteiger partial charge in [0, 0.05) is 0 Å². The number of hydrogen-bond donors (Lipinski definition) is 0. The topological polar surface area (TPSA) is 0 Å². The van der Waals surface area contributed by atoms with E-state index in [-0.39, 0.29) is 7.92 Å². The Morgan fingerprint density at radius 3 is 1.70 bits per heavy atom. The number of rotatable bonds is 7. The second kappa shape index (κ2) is 9.20. The molecule has 0 heterocycles. The van der Waals surface area contributed by atoms with Gasteiger partial charge in [-0.25, -0.2) is 0 Å². The van der Waals surface area contributed by atoms with Crippen LogP contribution in [0.1, 0.15) is 12.8 Å². The molecule has 0 amide bonds. The molecule has 0 N–H and O–H groups in total. The maximum absolute atomic E-state index is 5.91. The monoisotopic (exact) mass is 417 g/mol. The SMILES string of the molecule is [Cl][Pd]([Cl])[CH2]CCCP(c1ccccc1)c1ccccc1. The molecule has 0 unspecified atom stereocenters. The fraction of sp³-hybridized carbons (Fsp3) is 0.250. The van der Waals surface area contributed by atoms with Crippen molar-refractivity contribution in [1.29, 1.82) is 0 Å². The van der Waals surface area contributed by atoms with E-state index in [1.54, 1.807) is 0 Å². The van der Waals surface area contributed by atoms with Gasteiger partial charge in [-0.2, -0.15) is 0 Å². The van der Waals surface area contributed by atoms with Crippen molar-refractivity contribution in [1.82, 2.24) is 0 Å². The second-order valence-corrected chi connectivity index (χ2v) is 12.7. The van der Waals surface area contributed by atoms with Crippen LogP contribution in [-0.4, -0.2) is 6.16 Å². The third kappa shape index (κ3) is 5.48. The summed E-state index contributed by atoms with van der Waals surface area (Å²) in [5.74, 6) is 0. The molecule has 0 radical (unpaired) electrons. The molecule has 4 heteroatoms. The molecule has 0 nitrogen and oxygen atoms in total. The van der Waals surface area contributed by atoms with Crippen LogP contribution in [0, 0.1) is 0 Å². The van der Waals surface area contributed by atoms with E-state index in [0.29, 0.717) is 0 Å². The molecular weight excluding hydrogens is 400 g/mol. The zero-order valence-electron chi connectivity index (χ0n) is 11.1. The van der Waals surface area contributed by atoms with Gasteiger partial charge in [-0.3, -0.25) is 0 Å². The van der Waals surface area contributed by atoms with E-state index < -0.39 is 14.7 Å². The summed E-state index contributed by atoms with van der Waals surface area (Å²) in [6.45, 7) is 0. The molecule has 2 aromatic carbocycles. The molecule has 0 atom stereocenters. The van der Waals surface area contributed by atoms with E-state index in [4.69, 9.17) is 19.1 Å². The van der Waals surface area contributed by atoms with Crippen molar-refractivity contribution in [2.24, 2.45) is 0 Å². The zero-order valence-corrected chi connectivity index (χ0v) is 15.1. The fourth-order valence-electron chi connectivity index (χ4n) is 2.06. The van der Waals surface area contributed by atoms with Crippen LogP contribution < -0.4 is 10.6 Å². The Hall–Kier alpha value is 0.112. The Morgan fingerprint density at radius 1 is 0.750 bits per heavy atom. The quantitative estimate of drug-likeness (QED) is 0.328. The predicted octanol–water partition coefficient (Wildman–Crippen LogP) is 5.24. The van der Waals surface area contributed by atoms with E-state index in [2.05, 4.69) is 60.7 Å². The molecule has 0 saturated heterocycles. The van der Waals surface area contributed by atoms with Crippen LogP contribution in [0.2, 0.25) is 4.89 Å². The normalized spacial score (nSPS) is 11.7. The van der Waals surface area contributed by atoms with Gasteiger partial charge >= 0.3 is 137 Å². The number of halogens is 2. The van der Waals surface area contributed by atoms with Crippen molar-refractivity contribution in [3.63, 3.8) is 0 Å². The summed E-state index contributed by atoms with van der Waals surface area (Å²) in [5, 5.41) is 2.91. The molecule has 0 aliphatic rings. The summed E-state index contributed by atoms with van der Waals surface area (Å²) in [6, 6.07) is 21.7. The summed E-state index contributed by atoms with van der Waals surface area (Å²) in [6.07, 6.45) is 3.56. The third-order valence-electron chi connectivity index (χ3n) is 3.00.